The molecule has 4 rings (SSSR count). The Hall–Kier alpha value is -2.50. The number of nitrogens with zero attached hydrogens (tertiary/aromatic N) is 5. The van der Waals surface area contributed by atoms with Crippen LogP contribution in [0.2, 0.25) is 0 Å². The normalized spacial score (nSPS) is 17.9. The highest BCUT2D eigenvalue weighted by Crippen LogP contribution is 2.24. The van der Waals surface area contributed by atoms with Gasteiger partial charge < -0.3 is 19.4 Å². The lowest BCUT2D eigenvalue weighted by molar-refractivity contribution is 0.415. The van der Waals surface area contributed by atoms with E-state index in [0.717, 1.165) is 56.7 Å². The van der Waals surface area contributed by atoms with Crippen molar-refractivity contribution in [1.82, 2.24) is 9.97 Å². The molecule has 0 radical (unpaired) electrons. The van der Waals surface area contributed by atoms with Crippen LogP contribution in [0.15, 0.2) is 36.7 Å². The summed E-state index contributed by atoms with van der Waals surface area (Å²) in [6.07, 6.45) is 4.23. The predicted octanol–water partition coefficient (Wildman–Crippen LogP) is 2.41. The van der Waals surface area contributed by atoms with Crippen LogP contribution < -0.4 is 19.4 Å². The minimum Gasteiger partial charge on any atom is -0.497 e. The molecule has 6 nitrogen and oxygen atoms in total. The van der Waals surface area contributed by atoms with E-state index in [1.807, 2.05) is 12.1 Å². The van der Waals surface area contributed by atoms with Gasteiger partial charge in [-0.1, -0.05) is 0 Å². The molecule has 0 unspecified atom stereocenters. The summed E-state index contributed by atoms with van der Waals surface area (Å²) in [6, 6.07) is 10.5. The third-order valence-corrected chi connectivity index (χ3v) is 5.11. The fourth-order valence-corrected chi connectivity index (χ4v) is 3.62. The summed E-state index contributed by atoms with van der Waals surface area (Å²) in [5.74, 6) is 3.02. The van der Waals surface area contributed by atoms with Crippen LogP contribution in [-0.4, -0.2) is 56.3 Å². The van der Waals surface area contributed by atoms with E-state index in [1.54, 1.807) is 13.4 Å². The Morgan fingerprint density at radius 3 is 1.92 bits per heavy atom. The summed E-state index contributed by atoms with van der Waals surface area (Å²) >= 11 is 0. The molecule has 0 saturated carbocycles. The van der Waals surface area contributed by atoms with Crippen LogP contribution in [0.5, 0.6) is 5.75 Å². The maximum atomic E-state index is 5.24. The van der Waals surface area contributed by atoms with Crippen molar-refractivity contribution in [2.45, 2.75) is 12.8 Å². The molecule has 0 aliphatic carbocycles. The summed E-state index contributed by atoms with van der Waals surface area (Å²) in [5, 5.41) is 0. The molecule has 2 fully saturated rings. The van der Waals surface area contributed by atoms with Crippen molar-refractivity contribution >= 4 is 17.3 Å². The van der Waals surface area contributed by atoms with E-state index in [0.29, 0.717) is 0 Å². The van der Waals surface area contributed by atoms with Crippen LogP contribution in [0.1, 0.15) is 12.8 Å². The van der Waals surface area contributed by atoms with E-state index in [9.17, 15) is 0 Å². The van der Waals surface area contributed by atoms with Crippen molar-refractivity contribution in [2.75, 3.05) is 61.1 Å². The number of aromatic nitrogens is 2. The highest BCUT2D eigenvalue weighted by Gasteiger charge is 2.20. The Labute approximate surface area is 149 Å². The van der Waals surface area contributed by atoms with Crippen LogP contribution in [-0.2, 0) is 0 Å². The largest absolute Gasteiger partial charge is 0.497 e. The van der Waals surface area contributed by atoms with Crippen LogP contribution >= 0.6 is 0 Å². The van der Waals surface area contributed by atoms with Crippen LogP contribution in [0, 0.1) is 0 Å². The van der Waals surface area contributed by atoms with E-state index < -0.39 is 0 Å². The zero-order valence-corrected chi connectivity index (χ0v) is 14.8. The molecule has 0 atom stereocenters. The SMILES string of the molecule is COc1ccc(N2CCN(c3cc(N4CCCC4)ncn3)CC2)cc1. The molecular formula is C19H25N5O. The lowest BCUT2D eigenvalue weighted by Crippen LogP contribution is -2.46. The molecule has 2 aliphatic heterocycles. The van der Waals surface area contributed by atoms with Gasteiger partial charge >= 0.3 is 0 Å². The molecule has 2 saturated heterocycles. The van der Waals surface area contributed by atoms with Crippen LogP contribution in [0.25, 0.3) is 0 Å². The van der Waals surface area contributed by atoms with Gasteiger partial charge in [-0.15, -0.1) is 0 Å². The molecule has 132 valence electrons. The van der Waals surface area contributed by atoms with Crippen molar-refractivity contribution in [3.8, 4) is 5.75 Å². The fraction of sp³-hybridized carbons (Fsp3) is 0.474. The Balaban J connectivity index is 1.40. The second kappa shape index (κ2) is 7.17. The molecule has 2 aliphatic rings. The van der Waals surface area contributed by atoms with Gasteiger partial charge in [-0.05, 0) is 37.1 Å². The van der Waals surface area contributed by atoms with Gasteiger partial charge in [-0.2, -0.15) is 0 Å². The maximum Gasteiger partial charge on any atom is 0.134 e. The van der Waals surface area contributed by atoms with Gasteiger partial charge in [0.25, 0.3) is 0 Å². The lowest BCUT2D eigenvalue weighted by Gasteiger charge is -2.37. The quantitative estimate of drug-likeness (QED) is 0.852. The smallest absolute Gasteiger partial charge is 0.134 e. The third kappa shape index (κ3) is 3.48. The van der Waals surface area contributed by atoms with Crippen LogP contribution in [0.3, 0.4) is 0 Å². The Morgan fingerprint density at radius 1 is 0.760 bits per heavy atom. The number of methoxy groups -OCH3 is 1. The summed E-state index contributed by atoms with van der Waals surface area (Å²) in [6.45, 7) is 6.17. The van der Waals surface area contributed by atoms with Crippen molar-refractivity contribution in [3.05, 3.63) is 36.7 Å². The number of hydrogen-bond donors (Lipinski definition) is 0. The minimum absolute atomic E-state index is 0.901. The zero-order chi connectivity index (χ0) is 17.1. The second-order valence-electron chi connectivity index (χ2n) is 6.60. The van der Waals surface area contributed by atoms with Crippen molar-refractivity contribution in [1.29, 1.82) is 0 Å². The summed E-state index contributed by atoms with van der Waals surface area (Å²) in [7, 11) is 1.70. The number of rotatable bonds is 4. The first-order chi connectivity index (χ1) is 12.3. The Kier molecular flexibility index (Phi) is 4.59. The molecule has 25 heavy (non-hydrogen) atoms. The predicted molar refractivity (Wildman–Crippen MR) is 101 cm³/mol. The second-order valence-corrected chi connectivity index (χ2v) is 6.60. The first-order valence-electron chi connectivity index (χ1n) is 9.04. The molecule has 2 aromatic rings. The van der Waals surface area contributed by atoms with Gasteiger partial charge in [-0.3, -0.25) is 0 Å². The zero-order valence-electron chi connectivity index (χ0n) is 14.8. The number of piperazine rings is 1. The highest BCUT2D eigenvalue weighted by atomic mass is 16.5. The molecule has 6 heteroatoms. The van der Waals surface area contributed by atoms with Crippen molar-refractivity contribution in [2.24, 2.45) is 0 Å². The topological polar surface area (TPSA) is 44.7 Å². The van der Waals surface area contributed by atoms with E-state index in [1.165, 1.54) is 18.5 Å². The standard InChI is InChI=1S/C19H25N5O/c1-25-17-6-4-16(5-7-17)22-10-12-24(13-11-22)19-14-18(20-15-21-19)23-8-2-3-9-23/h4-7,14-15H,2-3,8-13H2,1H3. The molecule has 1 aromatic heterocycles. The first kappa shape index (κ1) is 16.0. The fourth-order valence-electron chi connectivity index (χ4n) is 3.62. The van der Waals surface area contributed by atoms with Gasteiger partial charge in [0.2, 0.25) is 0 Å². The van der Waals surface area contributed by atoms with Gasteiger partial charge in [0.1, 0.15) is 23.7 Å². The van der Waals surface area contributed by atoms with Gasteiger partial charge in [0, 0.05) is 51.0 Å². The van der Waals surface area contributed by atoms with E-state index >= 15 is 0 Å². The van der Waals surface area contributed by atoms with Gasteiger partial charge in [-0.25, -0.2) is 9.97 Å². The van der Waals surface area contributed by atoms with Crippen LogP contribution in [0.4, 0.5) is 17.3 Å². The molecule has 1 aromatic carbocycles. The Morgan fingerprint density at radius 2 is 1.32 bits per heavy atom. The maximum absolute atomic E-state index is 5.24. The summed E-state index contributed by atoms with van der Waals surface area (Å²) < 4.78 is 5.24. The first-order valence-corrected chi connectivity index (χ1v) is 9.04. The molecule has 3 heterocycles. The number of benzene rings is 1. The van der Waals surface area contributed by atoms with Gasteiger partial charge in [0.05, 0.1) is 7.11 Å². The molecular weight excluding hydrogens is 314 g/mol. The van der Waals surface area contributed by atoms with E-state index in [4.69, 9.17) is 4.74 Å². The third-order valence-electron chi connectivity index (χ3n) is 5.11. The summed E-state index contributed by atoms with van der Waals surface area (Å²) in [4.78, 5) is 16.1. The van der Waals surface area contributed by atoms with Crippen molar-refractivity contribution < 1.29 is 4.74 Å². The summed E-state index contributed by atoms with van der Waals surface area (Å²) in [5.41, 5.74) is 1.25. The highest BCUT2D eigenvalue weighted by molar-refractivity contribution is 5.54. The molecule has 0 bridgehead atoms. The molecule has 0 amide bonds. The average molecular weight is 339 g/mol. The van der Waals surface area contributed by atoms with E-state index in [-0.39, 0.29) is 0 Å². The Bertz CT molecular complexity index is 691. The van der Waals surface area contributed by atoms with E-state index in [2.05, 4.69) is 42.9 Å². The molecule has 0 N–H and O–H groups in total. The number of anilines is 3. The number of hydrogen-bond acceptors (Lipinski definition) is 6. The minimum atomic E-state index is 0.901. The average Bonchev–Trinajstić information content (AvgIpc) is 3.23. The van der Waals surface area contributed by atoms with Gasteiger partial charge in [0.15, 0.2) is 0 Å². The number of ether oxygens (including phenoxy) is 1. The lowest BCUT2D eigenvalue weighted by atomic mass is 10.2. The van der Waals surface area contributed by atoms with Crippen molar-refractivity contribution in [3.63, 3.8) is 0 Å². The molecule has 0 spiro atoms. The monoisotopic (exact) mass is 339 g/mol.